The Bertz CT molecular complexity index is 368. The van der Waals surface area contributed by atoms with E-state index in [-0.39, 0.29) is 17.8 Å². The van der Waals surface area contributed by atoms with Gasteiger partial charge in [-0.2, -0.15) is 0 Å². The van der Waals surface area contributed by atoms with E-state index in [0.29, 0.717) is 6.42 Å². The molecule has 4 heteroatoms. The predicted molar refractivity (Wildman–Crippen MR) is 66.0 cm³/mol. The van der Waals surface area contributed by atoms with Gasteiger partial charge in [0, 0.05) is 12.5 Å². The molecule has 1 atom stereocenters. The lowest BCUT2D eigenvalue weighted by Gasteiger charge is -2.13. The maximum absolute atomic E-state index is 12.9. The molecule has 1 aromatic carbocycles. The van der Waals surface area contributed by atoms with E-state index in [4.69, 9.17) is 5.73 Å². The van der Waals surface area contributed by atoms with Crippen molar-refractivity contribution < 1.29 is 9.18 Å². The molecule has 1 unspecified atom stereocenters. The number of nitrogens with one attached hydrogen (secondary N) is 1. The van der Waals surface area contributed by atoms with Crippen molar-refractivity contribution in [3.05, 3.63) is 35.6 Å². The number of carbonyl (C=O) groups is 1. The van der Waals surface area contributed by atoms with Crippen LogP contribution in [-0.2, 0) is 11.2 Å². The van der Waals surface area contributed by atoms with Gasteiger partial charge in [0.1, 0.15) is 5.82 Å². The lowest BCUT2D eigenvalue weighted by atomic mass is 10.1. The molecule has 17 heavy (non-hydrogen) atoms. The molecule has 0 fully saturated rings. The van der Waals surface area contributed by atoms with Crippen LogP contribution < -0.4 is 11.1 Å². The normalized spacial score (nSPS) is 12.4. The first-order valence-corrected chi connectivity index (χ1v) is 5.84. The zero-order valence-electron chi connectivity index (χ0n) is 10.1. The Labute approximate surface area is 101 Å². The highest BCUT2D eigenvalue weighted by Crippen LogP contribution is 2.06. The predicted octanol–water partition coefficient (Wildman–Crippen LogP) is 1.61. The number of nitrogens with two attached hydrogens (primary N) is 1. The van der Waals surface area contributed by atoms with E-state index >= 15 is 0 Å². The van der Waals surface area contributed by atoms with E-state index in [0.717, 1.165) is 24.9 Å². The van der Waals surface area contributed by atoms with Gasteiger partial charge in [-0.25, -0.2) is 4.39 Å². The fraction of sp³-hybridized carbons (Fsp3) is 0.462. The third-order valence-corrected chi connectivity index (χ3v) is 2.52. The lowest BCUT2D eigenvalue weighted by molar-refractivity contribution is -0.118. The van der Waals surface area contributed by atoms with Crippen LogP contribution in [0.4, 0.5) is 4.39 Å². The van der Waals surface area contributed by atoms with Crippen LogP contribution in [0.1, 0.15) is 25.3 Å². The number of carbonyl (C=O) groups excluding carboxylic acids is 1. The van der Waals surface area contributed by atoms with Crippen molar-refractivity contribution in [2.45, 2.75) is 32.2 Å². The smallest absolute Gasteiger partial charge is 0.217 e. The van der Waals surface area contributed by atoms with Crippen LogP contribution in [0.3, 0.4) is 0 Å². The van der Waals surface area contributed by atoms with Crippen molar-refractivity contribution in [1.29, 1.82) is 0 Å². The summed E-state index contributed by atoms with van der Waals surface area (Å²) in [6.07, 6.45) is 1.91. The van der Waals surface area contributed by atoms with Crippen molar-refractivity contribution in [1.82, 2.24) is 5.32 Å². The topological polar surface area (TPSA) is 55.1 Å². The zero-order valence-corrected chi connectivity index (χ0v) is 10.1. The average Bonchev–Trinajstić information content (AvgIpc) is 2.24. The maximum atomic E-state index is 12.9. The average molecular weight is 238 g/mol. The number of benzene rings is 1. The van der Waals surface area contributed by atoms with Gasteiger partial charge >= 0.3 is 0 Å². The van der Waals surface area contributed by atoms with Crippen LogP contribution in [-0.4, -0.2) is 18.5 Å². The summed E-state index contributed by atoms with van der Waals surface area (Å²) in [6.45, 7) is 2.79. The van der Waals surface area contributed by atoms with Gasteiger partial charge in [0.25, 0.3) is 0 Å². The van der Waals surface area contributed by atoms with Crippen LogP contribution >= 0.6 is 0 Å². The van der Waals surface area contributed by atoms with Crippen LogP contribution in [0.15, 0.2) is 24.3 Å². The van der Waals surface area contributed by atoms with Crippen molar-refractivity contribution in [2.24, 2.45) is 5.73 Å². The zero-order chi connectivity index (χ0) is 12.7. The number of hydrogen-bond acceptors (Lipinski definition) is 2. The maximum Gasteiger partial charge on any atom is 0.217 e. The Balaban J connectivity index is 2.25. The van der Waals surface area contributed by atoms with Crippen LogP contribution in [0.2, 0.25) is 0 Å². The Morgan fingerprint density at radius 1 is 1.53 bits per heavy atom. The molecule has 0 aliphatic carbocycles. The quantitative estimate of drug-likeness (QED) is 0.709. The van der Waals surface area contributed by atoms with Gasteiger partial charge in [0.2, 0.25) is 5.91 Å². The molecule has 0 spiro atoms. The molecule has 0 bridgehead atoms. The summed E-state index contributed by atoms with van der Waals surface area (Å²) in [7, 11) is 0. The molecule has 0 saturated carbocycles. The molecule has 0 heterocycles. The first kappa shape index (κ1) is 13.6. The Kier molecular flexibility index (Phi) is 5.63. The van der Waals surface area contributed by atoms with E-state index in [2.05, 4.69) is 5.32 Å². The van der Waals surface area contributed by atoms with Gasteiger partial charge in [0.05, 0.1) is 0 Å². The van der Waals surface area contributed by atoms with E-state index in [1.165, 1.54) is 6.07 Å². The summed E-state index contributed by atoms with van der Waals surface area (Å²) in [4.78, 5) is 10.5. The molecule has 0 saturated heterocycles. The third-order valence-electron chi connectivity index (χ3n) is 2.52. The Morgan fingerprint density at radius 3 is 2.94 bits per heavy atom. The van der Waals surface area contributed by atoms with Crippen LogP contribution in [0, 0.1) is 5.82 Å². The largest absolute Gasteiger partial charge is 0.370 e. The molecule has 0 aromatic heterocycles. The fourth-order valence-electron chi connectivity index (χ4n) is 1.70. The summed E-state index contributed by atoms with van der Waals surface area (Å²) in [5.74, 6) is -0.479. The summed E-state index contributed by atoms with van der Waals surface area (Å²) in [5.41, 5.74) is 6.01. The van der Waals surface area contributed by atoms with Crippen LogP contribution in [0.25, 0.3) is 0 Å². The Hall–Kier alpha value is -1.42. The highest BCUT2D eigenvalue weighted by molar-refractivity contribution is 5.73. The molecule has 1 rings (SSSR count). The Morgan fingerprint density at radius 2 is 2.29 bits per heavy atom. The van der Waals surface area contributed by atoms with Gasteiger partial charge in [-0.05, 0) is 44.0 Å². The molecule has 1 aromatic rings. The molecule has 3 nitrogen and oxygen atoms in total. The molecule has 3 N–H and O–H groups in total. The number of primary amides is 1. The molecule has 1 amide bonds. The summed E-state index contributed by atoms with van der Waals surface area (Å²) >= 11 is 0. The molecular formula is C13H19FN2O. The second kappa shape index (κ2) is 7.01. The minimum Gasteiger partial charge on any atom is -0.370 e. The number of rotatable bonds is 7. The second-order valence-corrected chi connectivity index (χ2v) is 4.26. The molecule has 94 valence electrons. The van der Waals surface area contributed by atoms with E-state index in [9.17, 15) is 9.18 Å². The number of halogens is 1. The van der Waals surface area contributed by atoms with Crippen molar-refractivity contribution >= 4 is 5.91 Å². The summed E-state index contributed by atoms with van der Waals surface area (Å²) in [6, 6.07) is 6.86. The van der Waals surface area contributed by atoms with Gasteiger partial charge in [-0.15, -0.1) is 0 Å². The monoisotopic (exact) mass is 238 g/mol. The number of hydrogen-bond donors (Lipinski definition) is 2. The third kappa shape index (κ3) is 6.02. The minimum absolute atomic E-state index is 0.205. The second-order valence-electron chi connectivity index (χ2n) is 4.26. The van der Waals surface area contributed by atoms with E-state index < -0.39 is 0 Å². The van der Waals surface area contributed by atoms with Gasteiger partial charge in [-0.3, -0.25) is 4.79 Å². The highest BCUT2D eigenvalue weighted by atomic mass is 19.1. The highest BCUT2D eigenvalue weighted by Gasteiger charge is 2.04. The molecular weight excluding hydrogens is 219 g/mol. The fourth-order valence-corrected chi connectivity index (χ4v) is 1.70. The summed E-state index contributed by atoms with van der Waals surface area (Å²) in [5, 5.41) is 3.28. The van der Waals surface area contributed by atoms with Crippen molar-refractivity contribution in [3.8, 4) is 0 Å². The van der Waals surface area contributed by atoms with Crippen molar-refractivity contribution in [3.63, 3.8) is 0 Å². The number of amides is 1. The molecule has 0 radical (unpaired) electrons. The van der Waals surface area contributed by atoms with E-state index in [1.54, 1.807) is 12.1 Å². The standard InChI is InChI=1S/C13H19FN2O/c1-10(16-7-3-6-13(15)17)8-11-4-2-5-12(14)9-11/h2,4-5,9-10,16H,3,6-8H2,1H3,(H2,15,17). The first-order chi connectivity index (χ1) is 8.08. The van der Waals surface area contributed by atoms with Crippen molar-refractivity contribution in [2.75, 3.05) is 6.54 Å². The first-order valence-electron chi connectivity index (χ1n) is 5.84. The van der Waals surface area contributed by atoms with Gasteiger partial charge < -0.3 is 11.1 Å². The van der Waals surface area contributed by atoms with Gasteiger partial charge in [0.15, 0.2) is 0 Å². The molecule has 0 aliphatic heterocycles. The van der Waals surface area contributed by atoms with Gasteiger partial charge in [-0.1, -0.05) is 12.1 Å². The lowest BCUT2D eigenvalue weighted by Crippen LogP contribution is -2.29. The van der Waals surface area contributed by atoms with E-state index in [1.807, 2.05) is 13.0 Å². The van der Waals surface area contributed by atoms with Crippen LogP contribution in [0.5, 0.6) is 0 Å². The minimum atomic E-state index is -0.274. The molecule has 0 aliphatic rings. The SMILES string of the molecule is CC(Cc1cccc(F)c1)NCCCC(N)=O. The summed E-state index contributed by atoms with van der Waals surface area (Å²) < 4.78 is 12.9.